The molecule has 5 heteroatoms. The minimum absolute atomic E-state index is 0.135. The van der Waals surface area contributed by atoms with Crippen LogP contribution in [0, 0.1) is 5.82 Å². The molecule has 1 N–H and O–H groups in total. The molecule has 0 saturated carbocycles. The second-order valence-electron chi connectivity index (χ2n) is 3.89. The molecule has 2 rings (SSSR count). The highest BCUT2D eigenvalue weighted by atomic mass is 19.1. The second-order valence-corrected chi connectivity index (χ2v) is 3.89. The molecule has 1 aromatic carbocycles. The van der Waals surface area contributed by atoms with Crippen LogP contribution in [0.15, 0.2) is 41.3 Å². The minimum Gasteiger partial charge on any atom is -0.451 e. The number of nitrogens with one attached hydrogen (secondary N) is 1. The molecule has 1 heterocycles. The molecular formula is C13H13FN2O2. The molecule has 2 aromatic rings. The summed E-state index contributed by atoms with van der Waals surface area (Å²) in [5.41, 5.74) is 1.45. The number of aromatic nitrogens is 1. The normalized spacial score (nSPS) is 10.3. The van der Waals surface area contributed by atoms with Gasteiger partial charge in [0.15, 0.2) is 6.39 Å². The maximum atomic E-state index is 12.9. The van der Waals surface area contributed by atoms with Crippen molar-refractivity contribution in [3.05, 3.63) is 54.0 Å². The third-order valence-electron chi connectivity index (χ3n) is 2.44. The fraction of sp³-hybridized carbons (Fsp3) is 0.231. The predicted molar refractivity (Wildman–Crippen MR) is 63.3 cm³/mol. The van der Waals surface area contributed by atoms with Crippen LogP contribution >= 0.6 is 0 Å². The molecule has 0 radical (unpaired) electrons. The lowest BCUT2D eigenvalue weighted by atomic mass is 10.1. The third kappa shape index (κ3) is 3.69. The number of amides is 1. The zero-order valence-electron chi connectivity index (χ0n) is 9.73. The van der Waals surface area contributed by atoms with Gasteiger partial charge >= 0.3 is 0 Å². The Morgan fingerprint density at radius 2 is 2.33 bits per heavy atom. The molecule has 1 amide bonds. The first-order chi connectivity index (χ1) is 8.74. The quantitative estimate of drug-likeness (QED) is 0.876. The highest BCUT2D eigenvalue weighted by Crippen LogP contribution is 2.04. The van der Waals surface area contributed by atoms with E-state index in [-0.39, 0.29) is 18.1 Å². The van der Waals surface area contributed by atoms with Crippen molar-refractivity contribution in [2.45, 2.75) is 12.8 Å². The van der Waals surface area contributed by atoms with Crippen molar-refractivity contribution in [2.75, 3.05) is 6.54 Å². The van der Waals surface area contributed by atoms with Gasteiger partial charge in [-0.1, -0.05) is 12.1 Å². The van der Waals surface area contributed by atoms with Crippen molar-refractivity contribution < 1.29 is 13.6 Å². The molecular weight excluding hydrogens is 235 g/mol. The topological polar surface area (TPSA) is 55.1 Å². The summed E-state index contributed by atoms with van der Waals surface area (Å²) < 4.78 is 17.7. The Kier molecular flexibility index (Phi) is 4.06. The Morgan fingerprint density at radius 1 is 1.44 bits per heavy atom. The molecule has 94 valence electrons. The highest BCUT2D eigenvalue weighted by Gasteiger charge is 2.04. The lowest BCUT2D eigenvalue weighted by molar-refractivity contribution is -0.120. The molecule has 0 aliphatic carbocycles. The summed E-state index contributed by atoms with van der Waals surface area (Å²) in [6.45, 7) is 0.487. The molecule has 0 bridgehead atoms. The number of rotatable bonds is 5. The first-order valence-corrected chi connectivity index (χ1v) is 5.62. The van der Waals surface area contributed by atoms with Gasteiger partial charge in [-0.25, -0.2) is 9.37 Å². The van der Waals surface area contributed by atoms with E-state index < -0.39 is 0 Å². The maximum absolute atomic E-state index is 12.9. The monoisotopic (exact) mass is 248 g/mol. The van der Waals surface area contributed by atoms with Crippen LogP contribution in [0.1, 0.15) is 11.3 Å². The molecule has 0 saturated heterocycles. The van der Waals surface area contributed by atoms with E-state index in [1.165, 1.54) is 18.5 Å². The van der Waals surface area contributed by atoms with Gasteiger partial charge in [0, 0.05) is 13.0 Å². The largest absolute Gasteiger partial charge is 0.451 e. The van der Waals surface area contributed by atoms with E-state index >= 15 is 0 Å². The van der Waals surface area contributed by atoms with E-state index in [1.54, 1.807) is 18.4 Å². The summed E-state index contributed by atoms with van der Waals surface area (Å²) in [4.78, 5) is 15.5. The summed E-state index contributed by atoms with van der Waals surface area (Å²) in [6.07, 6.45) is 3.69. The standard InChI is InChI=1S/C13H13FN2O2/c14-11-3-1-2-10(6-11)7-13(17)15-5-4-12-8-18-9-16-12/h1-3,6,8-9H,4-5,7H2,(H,15,17). The van der Waals surface area contributed by atoms with Crippen LogP contribution in [0.5, 0.6) is 0 Å². The first kappa shape index (κ1) is 12.3. The van der Waals surface area contributed by atoms with Crippen molar-refractivity contribution in [1.29, 1.82) is 0 Å². The average molecular weight is 248 g/mol. The Bertz CT molecular complexity index is 511. The fourth-order valence-electron chi connectivity index (χ4n) is 1.59. The van der Waals surface area contributed by atoms with Gasteiger partial charge in [-0.15, -0.1) is 0 Å². The summed E-state index contributed by atoms with van der Waals surface area (Å²) in [5, 5.41) is 2.75. The number of halogens is 1. The van der Waals surface area contributed by atoms with Crippen LogP contribution in [-0.4, -0.2) is 17.4 Å². The molecule has 18 heavy (non-hydrogen) atoms. The Morgan fingerprint density at radius 3 is 3.06 bits per heavy atom. The Labute approximate surface area is 104 Å². The van der Waals surface area contributed by atoms with Gasteiger partial charge in [-0.3, -0.25) is 4.79 Å². The van der Waals surface area contributed by atoms with E-state index in [1.807, 2.05) is 0 Å². The fourth-order valence-corrected chi connectivity index (χ4v) is 1.59. The van der Waals surface area contributed by atoms with Crippen molar-refractivity contribution in [3.63, 3.8) is 0 Å². The maximum Gasteiger partial charge on any atom is 0.224 e. The van der Waals surface area contributed by atoms with E-state index in [9.17, 15) is 9.18 Å². The van der Waals surface area contributed by atoms with Crippen molar-refractivity contribution in [3.8, 4) is 0 Å². The van der Waals surface area contributed by atoms with Crippen LogP contribution in [-0.2, 0) is 17.6 Å². The van der Waals surface area contributed by atoms with Crippen LogP contribution in [0.25, 0.3) is 0 Å². The highest BCUT2D eigenvalue weighted by molar-refractivity contribution is 5.78. The van der Waals surface area contributed by atoms with Crippen LogP contribution in [0.4, 0.5) is 4.39 Å². The molecule has 0 aliphatic rings. The Balaban J connectivity index is 1.75. The number of hydrogen-bond acceptors (Lipinski definition) is 3. The van der Waals surface area contributed by atoms with Gasteiger partial charge in [-0.2, -0.15) is 0 Å². The molecule has 0 unspecified atom stereocenters. The number of oxazole rings is 1. The van der Waals surface area contributed by atoms with Gasteiger partial charge in [-0.05, 0) is 17.7 Å². The van der Waals surface area contributed by atoms with Crippen molar-refractivity contribution in [2.24, 2.45) is 0 Å². The molecule has 0 aliphatic heterocycles. The third-order valence-corrected chi connectivity index (χ3v) is 2.44. The van der Waals surface area contributed by atoms with Crippen molar-refractivity contribution >= 4 is 5.91 Å². The summed E-state index contributed by atoms with van der Waals surface area (Å²) in [5.74, 6) is -0.466. The van der Waals surface area contributed by atoms with E-state index in [4.69, 9.17) is 4.42 Å². The van der Waals surface area contributed by atoms with Gasteiger partial charge in [0.1, 0.15) is 12.1 Å². The number of nitrogens with zero attached hydrogens (tertiary/aromatic N) is 1. The SMILES string of the molecule is O=C(Cc1cccc(F)c1)NCCc1cocn1. The van der Waals surface area contributed by atoms with Gasteiger partial charge in [0.25, 0.3) is 0 Å². The van der Waals surface area contributed by atoms with Crippen LogP contribution in [0.2, 0.25) is 0 Å². The lowest BCUT2D eigenvalue weighted by Gasteiger charge is -2.04. The summed E-state index contributed by atoms with van der Waals surface area (Å²) >= 11 is 0. The summed E-state index contributed by atoms with van der Waals surface area (Å²) in [6, 6.07) is 6.02. The summed E-state index contributed by atoms with van der Waals surface area (Å²) in [7, 11) is 0. The van der Waals surface area contributed by atoms with Gasteiger partial charge < -0.3 is 9.73 Å². The van der Waals surface area contributed by atoms with E-state index in [0.29, 0.717) is 18.5 Å². The molecule has 0 fully saturated rings. The van der Waals surface area contributed by atoms with Crippen LogP contribution < -0.4 is 5.32 Å². The van der Waals surface area contributed by atoms with Gasteiger partial charge in [0.05, 0.1) is 12.1 Å². The van der Waals surface area contributed by atoms with Gasteiger partial charge in [0.2, 0.25) is 5.91 Å². The average Bonchev–Trinajstić information content (AvgIpc) is 2.82. The smallest absolute Gasteiger partial charge is 0.224 e. The zero-order chi connectivity index (χ0) is 12.8. The molecule has 0 spiro atoms. The lowest BCUT2D eigenvalue weighted by Crippen LogP contribution is -2.27. The first-order valence-electron chi connectivity index (χ1n) is 5.62. The minimum atomic E-state index is -0.331. The van der Waals surface area contributed by atoms with E-state index in [2.05, 4.69) is 10.3 Å². The van der Waals surface area contributed by atoms with Crippen molar-refractivity contribution in [1.82, 2.24) is 10.3 Å². The molecule has 0 atom stereocenters. The number of carbonyl (C=O) groups excluding carboxylic acids is 1. The Hall–Kier alpha value is -2.17. The predicted octanol–water partition coefficient (Wildman–Crippen LogP) is 1.72. The molecule has 4 nitrogen and oxygen atoms in total. The number of hydrogen-bond donors (Lipinski definition) is 1. The number of benzene rings is 1. The zero-order valence-corrected chi connectivity index (χ0v) is 9.73. The molecule has 1 aromatic heterocycles. The van der Waals surface area contributed by atoms with E-state index in [0.717, 1.165) is 5.69 Å². The van der Waals surface area contributed by atoms with Crippen LogP contribution in [0.3, 0.4) is 0 Å². The number of carbonyl (C=O) groups is 1. The second kappa shape index (κ2) is 5.95.